The molecule has 0 aliphatic rings. The van der Waals surface area contributed by atoms with E-state index in [4.69, 9.17) is 0 Å². The minimum Gasteiger partial charge on any atom is -0.493 e. The van der Waals surface area contributed by atoms with E-state index in [0.717, 1.165) is 5.39 Å². The average molecular weight is 312 g/mol. The molecule has 0 unspecified atom stereocenters. The van der Waals surface area contributed by atoms with E-state index in [0.29, 0.717) is 22.0 Å². The SMILES string of the molecule is Cn1ncc2ccc(F)c(-c3ccc4c(O)nc(F)nc4c3)c21. The van der Waals surface area contributed by atoms with Crippen LogP contribution in [0, 0.1) is 11.9 Å². The van der Waals surface area contributed by atoms with E-state index in [1.807, 2.05) is 0 Å². The molecule has 0 spiro atoms. The number of fused-ring (bicyclic) bond motifs is 2. The fraction of sp³-hybridized carbons (Fsp3) is 0.0625. The third kappa shape index (κ3) is 2.01. The van der Waals surface area contributed by atoms with Gasteiger partial charge in [0.25, 0.3) is 0 Å². The lowest BCUT2D eigenvalue weighted by Gasteiger charge is -2.09. The van der Waals surface area contributed by atoms with Crippen molar-refractivity contribution in [3.05, 3.63) is 48.4 Å². The second-order valence-corrected chi connectivity index (χ2v) is 5.18. The molecule has 0 aliphatic carbocycles. The van der Waals surface area contributed by atoms with Crippen molar-refractivity contribution < 1.29 is 13.9 Å². The Hall–Kier alpha value is -3.09. The van der Waals surface area contributed by atoms with Crippen LogP contribution in [0.1, 0.15) is 0 Å². The van der Waals surface area contributed by atoms with Crippen molar-refractivity contribution in [1.82, 2.24) is 19.7 Å². The first-order chi connectivity index (χ1) is 11.0. The number of rotatable bonds is 1. The Morgan fingerprint density at radius 1 is 1.09 bits per heavy atom. The number of hydrogen-bond acceptors (Lipinski definition) is 4. The predicted octanol–water partition coefficient (Wildman–Crippen LogP) is 3.17. The molecule has 0 amide bonds. The zero-order valence-electron chi connectivity index (χ0n) is 12.0. The van der Waals surface area contributed by atoms with Crippen LogP contribution in [0.4, 0.5) is 8.78 Å². The smallest absolute Gasteiger partial charge is 0.312 e. The number of benzene rings is 2. The van der Waals surface area contributed by atoms with E-state index in [9.17, 15) is 13.9 Å². The van der Waals surface area contributed by atoms with Gasteiger partial charge in [-0.25, -0.2) is 9.37 Å². The van der Waals surface area contributed by atoms with Gasteiger partial charge in [-0.05, 0) is 29.8 Å². The Labute approximate surface area is 128 Å². The molecule has 23 heavy (non-hydrogen) atoms. The summed E-state index contributed by atoms with van der Waals surface area (Å²) in [5.74, 6) is -0.863. The van der Waals surface area contributed by atoms with Crippen LogP contribution in [0.25, 0.3) is 32.9 Å². The number of aryl methyl sites for hydroxylation is 1. The van der Waals surface area contributed by atoms with Gasteiger partial charge in [0, 0.05) is 18.0 Å². The summed E-state index contributed by atoms with van der Waals surface area (Å²) in [5.41, 5.74) is 1.69. The van der Waals surface area contributed by atoms with Crippen molar-refractivity contribution in [3.8, 4) is 17.0 Å². The van der Waals surface area contributed by atoms with Gasteiger partial charge in [-0.1, -0.05) is 6.07 Å². The molecule has 0 saturated carbocycles. The van der Waals surface area contributed by atoms with E-state index >= 15 is 0 Å². The van der Waals surface area contributed by atoms with Crippen LogP contribution in [0.3, 0.4) is 0 Å². The molecule has 0 saturated heterocycles. The predicted molar refractivity (Wildman–Crippen MR) is 80.8 cm³/mol. The van der Waals surface area contributed by atoms with Crippen LogP contribution in [0.15, 0.2) is 36.5 Å². The molecule has 4 rings (SSSR count). The van der Waals surface area contributed by atoms with Gasteiger partial charge in [-0.3, -0.25) is 4.68 Å². The van der Waals surface area contributed by atoms with Crippen LogP contribution in [0.2, 0.25) is 0 Å². The lowest BCUT2D eigenvalue weighted by molar-refractivity contribution is 0.434. The molecule has 0 radical (unpaired) electrons. The van der Waals surface area contributed by atoms with E-state index in [2.05, 4.69) is 15.1 Å². The zero-order chi connectivity index (χ0) is 16.1. The maximum Gasteiger partial charge on any atom is 0.312 e. The van der Waals surface area contributed by atoms with Gasteiger partial charge >= 0.3 is 6.08 Å². The van der Waals surface area contributed by atoms with Gasteiger partial charge in [0.15, 0.2) is 0 Å². The molecule has 1 N–H and O–H groups in total. The molecule has 0 aliphatic heterocycles. The Kier molecular flexibility index (Phi) is 2.77. The van der Waals surface area contributed by atoms with Crippen molar-refractivity contribution in [1.29, 1.82) is 0 Å². The molecule has 2 aromatic carbocycles. The number of halogens is 2. The number of hydrogen-bond donors (Lipinski definition) is 1. The Bertz CT molecular complexity index is 1070. The molecule has 0 fully saturated rings. The van der Waals surface area contributed by atoms with Crippen LogP contribution >= 0.6 is 0 Å². The zero-order valence-corrected chi connectivity index (χ0v) is 12.0. The monoisotopic (exact) mass is 312 g/mol. The minimum absolute atomic E-state index is 0.200. The molecule has 7 heteroatoms. The van der Waals surface area contributed by atoms with Crippen LogP contribution in [-0.2, 0) is 7.05 Å². The number of nitrogens with zero attached hydrogens (tertiary/aromatic N) is 4. The lowest BCUT2D eigenvalue weighted by atomic mass is 10.0. The van der Waals surface area contributed by atoms with Crippen molar-refractivity contribution in [2.75, 3.05) is 0 Å². The molecule has 114 valence electrons. The molecular formula is C16H10F2N4O. The molecule has 0 atom stereocenters. The highest BCUT2D eigenvalue weighted by atomic mass is 19.1. The van der Waals surface area contributed by atoms with Crippen molar-refractivity contribution in [3.63, 3.8) is 0 Å². The third-order valence-electron chi connectivity index (χ3n) is 3.79. The van der Waals surface area contributed by atoms with E-state index in [1.54, 1.807) is 30.1 Å². The fourth-order valence-corrected chi connectivity index (χ4v) is 2.76. The van der Waals surface area contributed by atoms with Gasteiger partial charge < -0.3 is 5.11 Å². The summed E-state index contributed by atoms with van der Waals surface area (Å²) in [6.07, 6.45) is 0.610. The first-order valence-electron chi connectivity index (χ1n) is 6.81. The first-order valence-corrected chi connectivity index (χ1v) is 6.81. The van der Waals surface area contributed by atoms with Crippen LogP contribution < -0.4 is 0 Å². The summed E-state index contributed by atoms with van der Waals surface area (Å²) in [4.78, 5) is 6.93. The fourth-order valence-electron chi connectivity index (χ4n) is 2.76. The highest BCUT2D eigenvalue weighted by Crippen LogP contribution is 2.33. The summed E-state index contributed by atoms with van der Waals surface area (Å²) < 4.78 is 29.3. The maximum atomic E-state index is 14.4. The molecule has 2 aromatic heterocycles. The van der Waals surface area contributed by atoms with Crippen molar-refractivity contribution >= 4 is 21.8 Å². The Morgan fingerprint density at radius 3 is 2.74 bits per heavy atom. The van der Waals surface area contributed by atoms with Crippen molar-refractivity contribution in [2.45, 2.75) is 0 Å². The lowest BCUT2D eigenvalue weighted by Crippen LogP contribution is -1.95. The topological polar surface area (TPSA) is 63.8 Å². The van der Waals surface area contributed by atoms with E-state index < -0.39 is 17.8 Å². The summed E-state index contributed by atoms with van der Waals surface area (Å²) in [6, 6.07) is 7.70. The largest absolute Gasteiger partial charge is 0.493 e. The summed E-state index contributed by atoms with van der Waals surface area (Å²) in [7, 11) is 1.72. The molecule has 2 heterocycles. The highest BCUT2D eigenvalue weighted by molar-refractivity contribution is 5.97. The highest BCUT2D eigenvalue weighted by Gasteiger charge is 2.15. The molecule has 5 nitrogen and oxygen atoms in total. The quantitative estimate of drug-likeness (QED) is 0.548. The number of aromatic hydroxyl groups is 1. The summed E-state index contributed by atoms with van der Waals surface area (Å²) in [6.45, 7) is 0. The van der Waals surface area contributed by atoms with Crippen LogP contribution in [-0.4, -0.2) is 24.9 Å². The standard InChI is InChI=1S/C16H10F2N4O/c1-22-14-9(7-19-22)3-5-11(17)13(14)8-2-4-10-12(6-8)20-16(18)21-15(10)23/h2-7H,1H3,(H,20,21,23). The molecular weight excluding hydrogens is 302 g/mol. The van der Waals surface area contributed by atoms with Gasteiger partial charge in [0.05, 0.1) is 22.6 Å². The van der Waals surface area contributed by atoms with Gasteiger partial charge in [0.2, 0.25) is 5.88 Å². The van der Waals surface area contributed by atoms with Gasteiger partial charge in [0.1, 0.15) is 5.82 Å². The molecule has 0 bridgehead atoms. The summed E-state index contributed by atoms with van der Waals surface area (Å²) >= 11 is 0. The second kappa shape index (κ2) is 4.70. The second-order valence-electron chi connectivity index (χ2n) is 5.18. The number of aromatic nitrogens is 4. The van der Waals surface area contributed by atoms with E-state index in [-0.39, 0.29) is 5.52 Å². The summed E-state index contributed by atoms with van der Waals surface area (Å²) in [5, 5.41) is 14.9. The van der Waals surface area contributed by atoms with Crippen LogP contribution in [0.5, 0.6) is 5.88 Å². The Morgan fingerprint density at radius 2 is 1.91 bits per heavy atom. The minimum atomic E-state index is -1.04. The maximum absolute atomic E-state index is 14.4. The normalized spacial score (nSPS) is 11.4. The van der Waals surface area contributed by atoms with Crippen molar-refractivity contribution in [2.24, 2.45) is 7.05 Å². The molecule has 4 aromatic rings. The first kappa shape index (κ1) is 13.6. The Balaban J connectivity index is 2.07. The van der Waals surface area contributed by atoms with E-state index in [1.165, 1.54) is 18.2 Å². The third-order valence-corrected chi connectivity index (χ3v) is 3.79. The van der Waals surface area contributed by atoms with Gasteiger partial charge in [-0.15, -0.1) is 0 Å². The van der Waals surface area contributed by atoms with Gasteiger partial charge in [-0.2, -0.15) is 14.5 Å². The average Bonchev–Trinajstić information content (AvgIpc) is 2.88.